The number of hydrogen-bond donors (Lipinski definition) is 0. The van der Waals surface area contributed by atoms with Crippen LogP contribution in [0.25, 0.3) is 11.2 Å². The van der Waals surface area contributed by atoms with Gasteiger partial charge in [-0.05, 0) is 121 Å². The minimum atomic E-state index is -3.47. The zero-order chi connectivity index (χ0) is 50.5. The van der Waals surface area contributed by atoms with Gasteiger partial charge in [-0.15, -0.1) is 0 Å². The summed E-state index contributed by atoms with van der Waals surface area (Å²) in [6, 6.07) is 44.2. The number of imidazole rings is 1. The summed E-state index contributed by atoms with van der Waals surface area (Å²) in [6.07, 6.45) is 1.13. The summed E-state index contributed by atoms with van der Waals surface area (Å²) < 4.78 is 75.6. The molecule has 0 N–H and O–H groups in total. The van der Waals surface area contributed by atoms with E-state index in [0.29, 0.717) is 17.1 Å². The van der Waals surface area contributed by atoms with Crippen LogP contribution in [-0.4, -0.2) is 88.6 Å². The van der Waals surface area contributed by atoms with Gasteiger partial charge in [0.05, 0.1) is 39.8 Å². The number of nitrogens with zero attached hydrogens (tertiary/aromatic N) is 4. The molecule has 0 spiro atoms. The molecule has 18 heteroatoms. The first-order valence-corrected chi connectivity index (χ1v) is 28.5. The maximum absolute atomic E-state index is 14.8. The Morgan fingerprint density at radius 1 is 0.644 bits per heavy atom. The smallest absolute Gasteiger partial charge is 0.322 e. The van der Waals surface area contributed by atoms with Gasteiger partial charge in [0, 0.05) is 9.79 Å². The van der Waals surface area contributed by atoms with Crippen molar-refractivity contribution < 1.29 is 47.0 Å². The lowest BCUT2D eigenvalue weighted by Crippen LogP contribution is -2.36. The summed E-state index contributed by atoms with van der Waals surface area (Å²) in [5, 5.41) is 0. The summed E-state index contributed by atoms with van der Waals surface area (Å²) in [5.74, 6) is -3.99. The Morgan fingerprint density at radius 3 is 1.75 bits per heavy atom. The zero-order valence-electron chi connectivity index (χ0n) is 41.0. The van der Waals surface area contributed by atoms with Gasteiger partial charge in [-0.25, -0.2) is 9.97 Å². The molecule has 2 aromatic heterocycles. The minimum absolute atomic E-state index is 0.0609. The van der Waals surface area contributed by atoms with Crippen LogP contribution in [0.4, 0.5) is 0 Å². The summed E-state index contributed by atoms with van der Waals surface area (Å²) in [7, 11) is 3.28. The minimum Gasteiger partial charge on any atom is -0.497 e. The monoisotopic (exact) mass is 1040 g/mol. The van der Waals surface area contributed by atoms with Crippen molar-refractivity contribution in [3.8, 4) is 11.5 Å². The SMILES string of the molecule is COc1ccc(C(OCC2=C[C@@H](n3cnc4c(ncn4[C@@H]4O[C@H](COP(=O)(Sc5ccccc5)Sc5ccccc5)[C@H]5OC(C)(C)O[C@H]54)c3=O)[C@@H]3OC(C)(C)O[C@H]23)(c2ccccc2)c2ccc(OC)cc2)cc1. The second-order valence-corrected chi connectivity index (χ2v) is 26.1. The quantitative estimate of drug-likeness (QED) is 0.0483. The highest BCUT2D eigenvalue weighted by Gasteiger charge is 2.57. The number of methoxy groups -OCH3 is 2. The average Bonchev–Trinajstić information content (AvgIpc) is 4.20. The van der Waals surface area contributed by atoms with Crippen LogP contribution in [0, 0.1) is 0 Å². The molecule has 3 aliphatic heterocycles. The Labute approximate surface area is 431 Å². The fourth-order valence-corrected chi connectivity index (χ4v) is 16.7. The third-order valence-electron chi connectivity index (χ3n) is 13.4. The van der Waals surface area contributed by atoms with Crippen molar-refractivity contribution in [2.24, 2.45) is 0 Å². The van der Waals surface area contributed by atoms with Gasteiger partial charge in [-0.3, -0.25) is 18.5 Å². The van der Waals surface area contributed by atoms with Crippen molar-refractivity contribution in [1.82, 2.24) is 19.1 Å². The van der Waals surface area contributed by atoms with Crippen molar-refractivity contribution in [3.05, 3.63) is 191 Å². The molecule has 7 atom stereocenters. The van der Waals surface area contributed by atoms with Crippen LogP contribution in [0.1, 0.15) is 56.7 Å². The van der Waals surface area contributed by atoms with E-state index < -0.39 is 65.7 Å². The van der Waals surface area contributed by atoms with E-state index in [0.717, 1.165) is 32.1 Å². The molecule has 73 heavy (non-hydrogen) atoms. The molecule has 1 aliphatic carbocycles. The molecule has 7 aromatic rings. The third kappa shape index (κ3) is 9.72. The van der Waals surface area contributed by atoms with E-state index in [1.807, 2.05) is 161 Å². The van der Waals surface area contributed by atoms with Gasteiger partial charge in [0.15, 0.2) is 29.0 Å². The van der Waals surface area contributed by atoms with Crippen molar-refractivity contribution in [2.75, 3.05) is 27.4 Å². The van der Waals surface area contributed by atoms with E-state index in [1.165, 1.54) is 35.4 Å². The lowest BCUT2D eigenvalue weighted by Gasteiger charge is -2.36. The molecule has 378 valence electrons. The van der Waals surface area contributed by atoms with Crippen LogP contribution < -0.4 is 15.0 Å². The molecule has 11 rings (SSSR count). The lowest BCUT2D eigenvalue weighted by molar-refractivity contribution is -0.198. The molecule has 3 fully saturated rings. The number of rotatable bonds is 17. The van der Waals surface area contributed by atoms with Gasteiger partial charge in [0.2, 0.25) is 0 Å². The Morgan fingerprint density at radius 2 is 1.16 bits per heavy atom. The molecule has 0 radical (unpaired) electrons. The van der Waals surface area contributed by atoms with Crippen LogP contribution in [0.15, 0.2) is 178 Å². The Bertz CT molecular complexity index is 3120. The fourth-order valence-electron chi connectivity index (χ4n) is 10.2. The highest BCUT2D eigenvalue weighted by Crippen LogP contribution is 2.74. The zero-order valence-corrected chi connectivity index (χ0v) is 43.5. The molecule has 0 unspecified atom stereocenters. The highest BCUT2D eigenvalue weighted by atomic mass is 33.1. The van der Waals surface area contributed by atoms with Crippen LogP contribution in [0.3, 0.4) is 0 Å². The molecule has 0 saturated carbocycles. The molecular formula is C55H55N4O11PS2. The van der Waals surface area contributed by atoms with E-state index in [1.54, 1.807) is 23.4 Å². The van der Waals surface area contributed by atoms with Gasteiger partial charge in [0.25, 0.3) is 5.56 Å². The van der Waals surface area contributed by atoms with Gasteiger partial charge in [-0.1, -0.05) is 97.1 Å². The van der Waals surface area contributed by atoms with Gasteiger partial charge >= 0.3 is 5.77 Å². The number of aromatic nitrogens is 4. The first-order valence-electron chi connectivity index (χ1n) is 24.0. The van der Waals surface area contributed by atoms with E-state index in [2.05, 4.69) is 17.1 Å². The van der Waals surface area contributed by atoms with Gasteiger partial charge in [0.1, 0.15) is 53.9 Å². The number of hydrogen-bond acceptors (Lipinski definition) is 15. The summed E-state index contributed by atoms with van der Waals surface area (Å²) >= 11 is 2.37. The van der Waals surface area contributed by atoms with Crippen molar-refractivity contribution >= 4 is 39.7 Å². The lowest BCUT2D eigenvalue weighted by atomic mass is 9.80. The molecule has 15 nitrogen and oxygen atoms in total. The molecule has 0 bridgehead atoms. The van der Waals surface area contributed by atoms with Crippen LogP contribution in [0.5, 0.6) is 11.5 Å². The van der Waals surface area contributed by atoms with E-state index in [4.69, 9.17) is 47.4 Å². The first-order chi connectivity index (χ1) is 35.2. The average molecular weight is 1040 g/mol. The van der Waals surface area contributed by atoms with Crippen molar-refractivity contribution in [2.45, 2.75) is 97.5 Å². The predicted octanol–water partition coefficient (Wildman–Crippen LogP) is 10.7. The molecular weight excluding hydrogens is 988 g/mol. The normalized spacial score (nSPS) is 24.1. The van der Waals surface area contributed by atoms with Crippen LogP contribution in [0.2, 0.25) is 0 Å². The van der Waals surface area contributed by atoms with E-state index >= 15 is 0 Å². The Kier molecular flexibility index (Phi) is 13.6. The number of fused-ring (bicyclic) bond motifs is 3. The summed E-state index contributed by atoms with van der Waals surface area (Å²) in [6.45, 7) is 7.45. The van der Waals surface area contributed by atoms with E-state index in [-0.39, 0.29) is 24.3 Å². The topological polar surface area (TPSA) is 153 Å². The maximum Gasteiger partial charge on any atom is 0.322 e. The Hall–Kier alpha value is -5.56. The number of ether oxygens (including phenoxy) is 8. The van der Waals surface area contributed by atoms with Gasteiger partial charge in [-0.2, -0.15) is 0 Å². The third-order valence-corrected chi connectivity index (χ3v) is 19.9. The molecule has 5 heterocycles. The van der Waals surface area contributed by atoms with Crippen molar-refractivity contribution in [3.63, 3.8) is 0 Å². The second kappa shape index (κ2) is 19.9. The molecule has 0 amide bonds. The first kappa shape index (κ1) is 49.6. The Balaban J connectivity index is 0.898. The predicted molar refractivity (Wildman–Crippen MR) is 277 cm³/mol. The maximum atomic E-state index is 14.8. The standard InChI is InChI=1S/C55H55N4O11PS2/c1-53(2)67-46-35(31-64-55(36-16-10-7-11-17-36,37-22-26-39(62-5)27-23-37)38-24-28-40(63-6)29-25-38)30-43(47(46)68-53)58-34-57-50-45(51(58)60)56-33-59(50)52-49-48(69-54(3,4)70-49)44(66-52)32-65-71(61,72-41-18-12-8-13-19-41)73-42-20-14-9-15-21-42/h7-30,33-34,43-44,46-49,52H,31-32H2,1-6H3/t43-,44-,46-,47+,48-,49-,52-/m1/s1. The van der Waals surface area contributed by atoms with Crippen LogP contribution in [-0.2, 0) is 43.1 Å². The number of benzene rings is 5. The molecule has 3 saturated heterocycles. The summed E-state index contributed by atoms with van der Waals surface area (Å²) in [4.78, 5) is 26.0. The van der Waals surface area contributed by atoms with Crippen molar-refractivity contribution in [1.29, 1.82) is 0 Å². The second-order valence-electron chi connectivity index (χ2n) is 19.0. The van der Waals surface area contributed by atoms with E-state index in [9.17, 15) is 9.36 Å². The fraction of sp³-hybridized carbons (Fsp3) is 0.327. The van der Waals surface area contributed by atoms with Gasteiger partial charge < -0.3 is 42.4 Å². The summed E-state index contributed by atoms with van der Waals surface area (Å²) in [5.41, 5.74) is 2.38. The molecule has 5 aromatic carbocycles. The van der Waals surface area contributed by atoms with Crippen LogP contribution >= 0.6 is 28.5 Å². The molecule has 4 aliphatic rings. The highest BCUT2D eigenvalue weighted by molar-refractivity contribution is 8.89. The largest absolute Gasteiger partial charge is 0.497 e.